The highest BCUT2D eigenvalue weighted by molar-refractivity contribution is 7.53. The van der Waals surface area contributed by atoms with Crippen LogP contribution in [0, 0.1) is 5.92 Å². The van der Waals surface area contributed by atoms with Crippen molar-refractivity contribution < 1.29 is 18.3 Å². The van der Waals surface area contributed by atoms with Crippen molar-refractivity contribution in [2.45, 2.75) is 26.5 Å². The summed E-state index contributed by atoms with van der Waals surface area (Å²) in [6.45, 7) is 5.19. The Morgan fingerprint density at radius 1 is 1.43 bits per heavy atom. The van der Waals surface area contributed by atoms with Crippen LogP contribution >= 0.6 is 7.60 Å². The molecule has 1 atom stereocenters. The zero-order valence-electron chi connectivity index (χ0n) is 13.1. The van der Waals surface area contributed by atoms with Gasteiger partial charge in [-0.3, -0.25) is 4.57 Å². The van der Waals surface area contributed by atoms with Crippen molar-refractivity contribution in [2.75, 3.05) is 25.3 Å². The lowest BCUT2D eigenvalue weighted by Crippen LogP contribution is -2.23. The molecule has 0 amide bonds. The molecule has 2 aromatic heterocycles. The van der Waals surface area contributed by atoms with E-state index in [0.29, 0.717) is 36.7 Å². The maximum atomic E-state index is 12.3. The first-order valence-corrected chi connectivity index (χ1v) is 9.11. The smallest absolute Gasteiger partial charge is 0.356 e. The van der Waals surface area contributed by atoms with Crippen LogP contribution in [0.3, 0.4) is 0 Å². The first-order valence-electron chi connectivity index (χ1n) is 7.38. The molecular formula is C13H20N5O4P. The molecule has 2 N–H and O–H groups in total. The molecule has 0 radical (unpaired) electrons. The Kier molecular flexibility index (Phi) is 4.63. The number of imidazole rings is 1. The van der Waals surface area contributed by atoms with E-state index in [1.807, 2.05) is 18.4 Å². The van der Waals surface area contributed by atoms with Gasteiger partial charge >= 0.3 is 7.60 Å². The lowest BCUT2D eigenvalue weighted by atomic mass is 10.2. The van der Waals surface area contributed by atoms with Crippen molar-refractivity contribution in [3.05, 3.63) is 12.7 Å². The SMILES string of the molecule is CC1COP(=O)(CO[C@H](C)Cn2cnc3c(N)ncnc32)OC1. The van der Waals surface area contributed by atoms with Gasteiger partial charge in [0.2, 0.25) is 0 Å². The Hall–Kier alpha value is -1.54. The second-order valence-corrected chi connectivity index (χ2v) is 7.74. The van der Waals surface area contributed by atoms with Crippen LogP contribution in [0.1, 0.15) is 13.8 Å². The molecular weight excluding hydrogens is 321 g/mol. The van der Waals surface area contributed by atoms with Gasteiger partial charge in [0.15, 0.2) is 11.5 Å². The highest BCUT2D eigenvalue weighted by Gasteiger charge is 2.31. The van der Waals surface area contributed by atoms with Crippen molar-refractivity contribution in [2.24, 2.45) is 5.92 Å². The summed E-state index contributed by atoms with van der Waals surface area (Å²) in [5.74, 6) is 0.585. The van der Waals surface area contributed by atoms with Gasteiger partial charge in [0, 0.05) is 5.92 Å². The van der Waals surface area contributed by atoms with E-state index in [-0.39, 0.29) is 18.4 Å². The molecule has 1 fully saturated rings. The molecule has 0 aliphatic carbocycles. The van der Waals surface area contributed by atoms with Gasteiger partial charge in [0.1, 0.15) is 18.2 Å². The fourth-order valence-corrected chi connectivity index (χ4v) is 3.85. The summed E-state index contributed by atoms with van der Waals surface area (Å²) in [6, 6.07) is 0. The number of aromatic nitrogens is 4. The molecule has 3 heterocycles. The third-order valence-corrected chi connectivity index (χ3v) is 5.06. The third kappa shape index (κ3) is 3.69. The highest BCUT2D eigenvalue weighted by atomic mass is 31.2. The highest BCUT2D eigenvalue weighted by Crippen LogP contribution is 2.51. The molecule has 1 aliphatic heterocycles. The summed E-state index contributed by atoms with van der Waals surface area (Å²) in [5, 5.41) is 0. The molecule has 0 saturated carbocycles. The summed E-state index contributed by atoms with van der Waals surface area (Å²) in [7, 11) is -3.14. The quantitative estimate of drug-likeness (QED) is 0.816. The van der Waals surface area contributed by atoms with E-state index >= 15 is 0 Å². The first kappa shape index (κ1) is 16.3. The van der Waals surface area contributed by atoms with E-state index in [4.69, 9.17) is 19.5 Å². The van der Waals surface area contributed by atoms with Crippen LogP contribution in [0.4, 0.5) is 5.82 Å². The lowest BCUT2D eigenvalue weighted by Gasteiger charge is -2.27. The molecule has 0 unspecified atom stereocenters. The summed E-state index contributed by atoms with van der Waals surface area (Å²) in [6.07, 6.45) is 2.74. The molecule has 1 aliphatic rings. The molecule has 0 aromatic carbocycles. The van der Waals surface area contributed by atoms with E-state index in [1.165, 1.54) is 6.33 Å². The number of rotatable bonds is 5. The topological polar surface area (TPSA) is 114 Å². The van der Waals surface area contributed by atoms with E-state index in [1.54, 1.807) is 6.33 Å². The van der Waals surface area contributed by atoms with Crippen LogP contribution in [0.2, 0.25) is 0 Å². The first-order chi connectivity index (χ1) is 11.0. The molecule has 23 heavy (non-hydrogen) atoms. The Balaban J connectivity index is 1.60. The standard InChI is InChI=1S/C13H20N5O4P/c1-9-4-21-23(19,22-5-9)8-20-10(2)3-18-7-17-11-12(14)15-6-16-13(11)18/h6-7,9-10H,3-5,8H2,1-2H3,(H2,14,15,16)/t9?,10-,23?/m1/s1. The van der Waals surface area contributed by atoms with Crippen molar-refractivity contribution >= 4 is 24.6 Å². The van der Waals surface area contributed by atoms with Crippen LogP contribution < -0.4 is 5.73 Å². The van der Waals surface area contributed by atoms with Gasteiger partial charge in [-0.25, -0.2) is 15.0 Å². The molecule has 3 rings (SSSR count). The Morgan fingerprint density at radius 3 is 2.91 bits per heavy atom. The molecule has 2 aromatic rings. The van der Waals surface area contributed by atoms with E-state index in [9.17, 15) is 4.57 Å². The van der Waals surface area contributed by atoms with Gasteiger partial charge in [-0.05, 0) is 6.92 Å². The fourth-order valence-electron chi connectivity index (χ4n) is 2.22. The van der Waals surface area contributed by atoms with Gasteiger partial charge in [-0.15, -0.1) is 0 Å². The predicted molar refractivity (Wildman–Crippen MR) is 83.8 cm³/mol. The van der Waals surface area contributed by atoms with Gasteiger partial charge in [-0.1, -0.05) is 6.92 Å². The third-order valence-electron chi connectivity index (χ3n) is 3.51. The number of nitrogens with zero attached hydrogens (tertiary/aromatic N) is 4. The van der Waals surface area contributed by atoms with Crippen LogP contribution in [-0.4, -0.2) is 45.2 Å². The summed E-state index contributed by atoms with van der Waals surface area (Å²) >= 11 is 0. The molecule has 10 heteroatoms. The summed E-state index contributed by atoms with van der Waals surface area (Å²) in [4.78, 5) is 12.3. The van der Waals surface area contributed by atoms with Crippen LogP contribution in [0.15, 0.2) is 12.7 Å². The van der Waals surface area contributed by atoms with Crippen LogP contribution in [0.5, 0.6) is 0 Å². The molecule has 126 valence electrons. The summed E-state index contributed by atoms with van der Waals surface area (Å²) < 4.78 is 30.4. The maximum absolute atomic E-state index is 12.3. The van der Waals surface area contributed by atoms with Gasteiger partial charge in [0.05, 0.1) is 32.2 Å². The van der Waals surface area contributed by atoms with E-state index < -0.39 is 7.60 Å². The monoisotopic (exact) mass is 341 g/mol. The molecule has 0 spiro atoms. The molecule has 1 saturated heterocycles. The van der Waals surface area contributed by atoms with Crippen molar-refractivity contribution in [3.8, 4) is 0 Å². The molecule has 0 bridgehead atoms. The Labute approximate surface area is 133 Å². The fraction of sp³-hybridized carbons (Fsp3) is 0.615. The Bertz CT molecular complexity index is 724. The number of anilines is 1. The number of ether oxygens (including phenoxy) is 1. The Morgan fingerprint density at radius 2 is 2.17 bits per heavy atom. The lowest BCUT2D eigenvalue weighted by molar-refractivity contribution is 0.0435. The zero-order chi connectivity index (χ0) is 16.4. The number of hydrogen-bond donors (Lipinski definition) is 1. The summed E-state index contributed by atoms with van der Waals surface area (Å²) in [5.41, 5.74) is 6.95. The van der Waals surface area contributed by atoms with Crippen molar-refractivity contribution in [1.29, 1.82) is 0 Å². The van der Waals surface area contributed by atoms with Crippen molar-refractivity contribution in [1.82, 2.24) is 19.5 Å². The maximum Gasteiger partial charge on any atom is 0.356 e. The number of hydrogen-bond acceptors (Lipinski definition) is 8. The van der Waals surface area contributed by atoms with Crippen LogP contribution in [-0.2, 0) is 24.9 Å². The average molecular weight is 341 g/mol. The minimum absolute atomic E-state index is 0.0648. The van der Waals surface area contributed by atoms with E-state index in [0.717, 1.165) is 0 Å². The largest absolute Gasteiger partial charge is 0.382 e. The zero-order valence-corrected chi connectivity index (χ0v) is 14.0. The minimum Gasteiger partial charge on any atom is -0.382 e. The molecule has 9 nitrogen and oxygen atoms in total. The normalized spacial score (nSPS) is 26.4. The van der Waals surface area contributed by atoms with Crippen LogP contribution in [0.25, 0.3) is 11.2 Å². The number of nitrogens with two attached hydrogens (primary N) is 1. The number of nitrogen functional groups attached to an aromatic ring is 1. The van der Waals surface area contributed by atoms with Gasteiger partial charge in [0.25, 0.3) is 0 Å². The minimum atomic E-state index is -3.14. The van der Waals surface area contributed by atoms with Gasteiger partial charge in [-0.2, -0.15) is 0 Å². The van der Waals surface area contributed by atoms with E-state index in [2.05, 4.69) is 15.0 Å². The average Bonchev–Trinajstić information content (AvgIpc) is 2.93. The second kappa shape index (κ2) is 6.52. The second-order valence-electron chi connectivity index (χ2n) is 5.74. The predicted octanol–water partition coefficient (Wildman–Crippen LogP) is 1.65. The number of fused-ring (bicyclic) bond motifs is 1. The van der Waals surface area contributed by atoms with Crippen molar-refractivity contribution in [3.63, 3.8) is 0 Å². The van der Waals surface area contributed by atoms with Gasteiger partial charge < -0.3 is 24.1 Å².